The first-order valence-electron chi connectivity index (χ1n) is 16.4. The maximum absolute atomic E-state index is 14.1. The predicted molar refractivity (Wildman–Crippen MR) is 179 cm³/mol. The molecule has 0 radical (unpaired) electrons. The Morgan fingerprint density at radius 2 is 1.08 bits per heavy atom. The number of phenolic OH excluding ortho intramolecular Hbond substituents is 2. The Bertz CT molecular complexity index is 1990. The second kappa shape index (κ2) is 10.1. The van der Waals surface area contributed by atoms with Crippen LogP contribution in [0.15, 0.2) is 94.8 Å². The van der Waals surface area contributed by atoms with E-state index in [0.717, 1.165) is 45.2 Å². The number of rotatable bonds is 8. The Morgan fingerprint density at radius 3 is 1.45 bits per heavy atom. The molecule has 6 aliphatic rings. The number of sulfone groups is 1. The highest BCUT2D eigenvalue weighted by molar-refractivity contribution is 7.91. The number of carbonyl (C=O) groups excluding carboxylic acids is 4. The van der Waals surface area contributed by atoms with Crippen molar-refractivity contribution in [2.24, 2.45) is 46.3 Å². The number of allylic oxidation sites excluding steroid dienone is 6. The van der Waals surface area contributed by atoms with Gasteiger partial charge in [-0.2, -0.15) is 0 Å². The van der Waals surface area contributed by atoms with E-state index in [1.54, 1.807) is 0 Å². The van der Waals surface area contributed by atoms with Crippen LogP contribution in [0.2, 0.25) is 0 Å². The van der Waals surface area contributed by atoms with Crippen molar-refractivity contribution in [2.45, 2.75) is 49.3 Å². The van der Waals surface area contributed by atoms with E-state index >= 15 is 0 Å². The van der Waals surface area contributed by atoms with Gasteiger partial charge in [0.05, 0.1) is 44.8 Å². The number of anilines is 2. The first-order chi connectivity index (χ1) is 23.1. The molecule has 2 aromatic rings. The van der Waals surface area contributed by atoms with Gasteiger partial charge in [0.25, 0.3) is 0 Å². The number of amides is 4. The number of imide groups is 2. The number of nitrogens with zero attached hydrogens (tertiary/aromatic N) is 2. The van der Waals surface area contributed by atoms with Gasteiger partial charge in [0.2, 0.25) is 33.5 Å². The lowest BCUT2D eigenvalue weighted by Gasteiger charge is -2.30. The molecule has 2 heterocycles. The van der Waals surface area contributed by atoms with Crippen molar-refractivity contribution in [3.63, 3.8) is 0 Å². The van der Waals surface area contributed by atoms with Crippen LogP contribution in [0.4, 0.5) is 11.4 Å². The largest absolute Gasteiger partial charge is 0.508 e. The number of phenols is 2. The summed E-state index contributed by atoms with van der Waals surface area (Å²) in [4.78, 5) is 56.5. The number of fused-ring (bicyclic) bond motifs is 10. The van der Waals surface area contributed by atoms with Crippen LogP contribution in [-0.2, 0) is 29.0 Å². The minimum absolute atomic E-state index is 0.0864. The molecule has 0 aromatic heterocycles. The van der Waals surface area contributed by atoms with Crippen LogP contribution >= 0.6 is 0 Å². The predicted octanol–water partition coefficient (Wildman–Crippen LogP) is 5.23. The van der Waals surface area contributed by atoms with Crippen molar-refractivity contribution in [3.8, 4) is 11.5 Å². The van der Waals surface area contributed by atoms with Crippen LogP contribution < -0.4 is 9.80 Å². The molecule has 11 heteroatoms. The van der Waals surface area contributed by atoms with Gasteiger partial charge in [0.15, 0.2) is 0 Å². The maximum Gasteiger partial charge on any atom is 0.238 e. The van der Waals surface area contributed by atoms with Gasteiger partial charge in [-0.25, -0.2) is 18.2 Å². The van der Waals surface area contributed by atoms with Gasteiger partial charge in [-0.15, -0.1) is 13.2 Å². The SMILES string of the molecule is C=C(C)CC12C=CC(C1)C1C(=O)N(c3cc(O)cc(S(=O)(=O)c4cc(O)cc(N5C(=O)C6C7C=CC(CC(=C)C)(C7)C6C5=O)c4)c3)C(=O)C12. The van der Waals surface area contributed by atoms with Crippen molar-refractivity contribution in [3.05, 3.63) is 85.0 Å². The topological polar surface area (TPSA) is 149 Å². The zero-order valence-electron chi connectivity index (χ0n) is 27.1. The highest BCUT2D eigenvalue weighted by Gasteiger charge is 2.67. The molecule has 4 aliphatic carbocycles. The zero-order valence-corrected chi connectivity index (χ0v) is 27.9. The van der Waals surface area contributed by atoms with E-state index in [0.29, 0.717) is 25.7 Å². The highest BCUT2D eigenvalue weighted by atomic mass is 32.2. The van der Waals surface area contributed by atoms with E-state index in [9.17, 15) is 37.8 Å². The van der Waals surface area contributed by atoms with Gasteiger partial charge in [-0.3, -0.25) is 19.2 Å². The standard InChI is InChI=1S/C38H36N2O8S/c1-19(2)15-37-7-5-21(17-37)29-31(37)35(45)39(33(29)43)23-9-25(41)13-27(11-23)49(47,48)28-12-24(10-26(42)14-28)40-34(44)30-22-6-8-38(18-22,16-20(3)4)32(30)36(40)46/h5-14,21-22,29-32,41-42H,1,3,15-18H2,2,4H3. The number of hydrogen-bond donors (Lipinski definition) is 2. The molecule has 2 aliphatic heterocycles. The van der Waals surface area contributed by atoms with Gasteiger partial charge in [-0.05, 0) is 75.6 Å². The van der Waals surface area contributed by atoms with Gasteiger partial charge in [0, 0.05) is 23.0 Å². The average Bonchev–Trinajstić information content (AvgIpc) is 3.83. The van der Waals surface area contributed by atoms with Crippen molar-refractivity contribution in [1.29, 1.82) is 0 Å². The Hall–Kier alpha value is -4.77. The fourth-order valence-electron chi connectivity index (χ4n) is 10.1. The molecule has 2 N–H and O–H groups in total. The molecule has 8 rings (SSSR count). The van der Waals surface area contributed by atoms with Crippen LogP contribution in [-0.4, -0.2) is 42.3 Å². The Kier molecular flexibility index (Phi) is 6.51. The van der Waals surface area contributed by atoms with Gasteiger partial charge in [-0.1, -0.05) is 35.5 Å². The number of carbonyl (C=O) groups is 4. The van der Waals surface area contributed by atoms with Gasteiger partial charge < -0.3 is 10.2 Å². The second-order valence-corrected chi connectivity index (χ2v) is 17.0. The van der Waals surface area contributed by atoms with E-state index in [4.69, 9.17) is 0 Å². The molecule has 2 saturated carbocycles. The molecule has 4 fully saturated rings. The van der Waals surface area contributed by atoms with Crippen molar-refractivity contribution in [1.82, 2.24) is 0 Å². The zero-order chi connectivity index (χ0) is 34.9. The van der Waals surface area contributed by atoms with Crippen molar-refractivity contribution >= 4 is 44.8 Å². The third kappa shape index (κ3) is 4.27. The third-order valence-electron chi connectivity index (χ3n) is 11.6. The van der Waals surface area contributed by atoms with Crippen LogP contribution in [0.1, 0.15) is 39.5 Å². The minimum Gasteiger partial charge on any atom is -0.508 e. The normalized spacial score (nSPS) is 33.7. The maximum atomic E-state index is 14.1. The van der Waals surface area contributed by atoms with Crippen LogP contribution in [0.25, 0.3) is 0 Å². The number of aromatic hydroxyl groups is 2. The minimum atomic E-state index is -4.54. The number of hydrogen-bond acceptors (Lipinski definition) is 8. The van der Waals surface area contributed by atoms with Crippen LogP contribution in [0.3, 0.4) is 0 Å². The molecule has 4 bridgehead atoms. The average molecular weight is 681 g/mol. The number of benzene rings is 2. The monoisotopic (exact) mass is 680 g/mol. The molecular weight excluding hydrogens is 644 g/mol. The van der Waals surface area contributed by atoms with Crippen molar-refractivity contribution in [2.75, 3.05) is 9.80 Å². The van der Waals surface area contributed by atoms with E-state index in [2.05, 4.69) is 13.2 Å². The lowest BCUT2D eigenvalue weighted by atomic mass is 9.71. The molecular formula is C38H36N2O8S. The summed E-state index contributed by atoms with van der Waals surface area (Å²) in [5.74, 6) is -5.50. The molecule has 8 atom stereocenters. The molecule has 0 spiro atoms. The Balaban J connectivity index is 1.14. The molecule has 2 aromatic carbocycles. The second-order valence-electron chi connectivity index (χ2n) is 15.1. The summed E-state index contributed by atoms with van der Waals surface area (Å²) in [5.41, 5.74) is 0.506. The van der Waals surface area contributed by atoms with Gasteiger partial charge >= 0.3 is 0 Å². The first-order valence-corrected chi connectivity index (χ1v) is 17.9. The Morgan fingerprint density at radius 1 is 0.694 bits per heavy atom. The summed E-state index contributed by atoms with van der Waals surface area (Å²) >= 11 is 0. The summed E-state index contributed by atoms with van der Waals surface area (Å²) in [7, 11) is -4.54. The van der Waals surface area contributed by atoms with Crippen molar-refractivity contribution < 1.29 is 37.8 Å². The van der Waals surface area contributed by atoms with Crippen LogP contribution in [0, 0.1) is 46.3 Å². The quantitative estimate of drug-likeness (QED) is 0.285. The summed E-state index contributed by atoms with van der Waals surface area (Å²) in [6.07, 6.45) is 10.4. The summed E-state index contributed by atoms with van der Waals surface area (Å²) in [5, 5.41) is 21.4. The molecule has 10 nitrogen and oxygen atoms in total. The fraction of sp³-hybridized carbons (Fsp3) is 0.368. The van der Waals surface area contributed by atoms with E-state index in [1.165, 1.54) is 12.1 Å². The molecule has 49 heavy (non-hydrogen) atoms. The first kappa shape index (κ1) is 31.5. The van der Waals surface area contributed by atoms with Crippen LogP contribution in [0.5, 0.6) is 11.5 Å². The molecule has 4 amide bonds. The smallest absolute Gasteiger partial charge is 0.238 e. The molecule has 2 saturated heterocycles. The van der Waals surface area contributed by atoms with E-state index in [-0.39, 0.29) is 23.2 Å². The summed E-state index contributed by atoms with van der Waals surface area (Å²) < 4.78 is 28.3. The highest BCUT2D eigenvalue weighted by Crippen LogP contribution is 2.64. The fourth-order valence-corrected chi connectivity index (χ4v) is 11.5. The van der Waals surface area contributed by atoms with E-state index in [1.807, 2.05) is 38.2 Å². The summed E-state index contributed by atoms with van der Waals surface area (Å²) in [6.45, 7) is 11.8. The molecule has 8 unspecified atom stereocenters. The lowest BCUT2D eigenvalue weighted by molar-refractivity contribution is -0.125. The summed E-state index contributed by atoms with van der Waals surface area (Å²) in [6, 6.07) is 6.63. The Labute approximate surface area is 284 Å². The third-order valence-corrected chi connectivity index (χ3v) is 13.3. The lowest BCUT2D eigenvalue weighted by Crippen LogP contribution is -2.36. The molecule has 252 valence electrons. The van der Waals surface area contributed by atoms with E-state index < -0.39 is 89.3 Å². The van der Waals surface area contributed by atoms with Gasteiger partial charge in [0.1, 0.15) is 11.5 Å².